The third-order valence-electron chi connectivity index (χ3n) is 3.81. The van der Waals surface area contributed by atoms with Crippen LogP contribution in [0.4, 0.5) is 5.82 Å². The fourth-order valence-electron chi connectivity index (χ4n) is 2.57. The van der Waals surface area contributed by atoms with E-state index in [1.54, 1.807) is 33.8 Å². The zero-order chi connectivity index (χ0) is 18.3. The summed E-state index contributed by atoms with van der Waals surface area (Å²) >= 11 is 7.67. The van der Waals surface area contributed by atoms with Crippen LogP contribution in [-0.4, -0.2) is 30.5 Å². The largest absolute Gasteiger partial charge is 0.305 e. The van der Waals surface area contributed by atoms with Gasteiger partial charge >= 0.3 is 0 Å². The third-order valence-corrected chi connectivity index (χ3v) is 5.11. The van der Waals surface area contributed by atoms with E-state index in [1.807, 2.05) is 26.0 Å². The zero-order valence-corrected chi connectivity index (χ0v) is 15.7. The Bertz CT molecular complexity index is 1110. The molecule has 1 aromatic carbocycles. The average Bonchev–Trinajstić information content (AvgIpc) is 3.32. The lowest BCUT2D eigenvalue weighted by molar-refractivity contribution is 0.102. The number of para-hydroxylation sites is 1. The van der Waals surface area contributed by atoms with E-state index in [0.29, 0.717) is 28.2 Å². The molecule has 0 unspecified atom stereocenters. The lowest BCUT2D eigenvalue weighted by Crippen LogP contribution is -2.16. The predicted molar refractivity (Wildman–Crippen MR) is 102 cm³/mol. The van der Waals surface area contributed by atoms with Crippen molar-refractivity contribution in [2.24, 2.45) is 0 Å². The van der Waals surface area contributed by atoms with Gasteiger partial charge in [-0.3, -0.25) is 9.48 Å². The molecule has 4 rings (SSSR count). The topological polar surface area (TPSA) is 77.6 Å². The molecule has 0 saturated heterocycles. The van der Waals surface area contributed by atoms with E-state index in [2.05, 4.69) is 20.5 Å². The van der Waals surface area contributed by atoms with E-state index >= 15 is 0 Å². The predicted octanol–water partition coefficient (Wildman–Crippen LogP) is 3.91. The standard InChI is InChI=1S/C17H15ClN6OS/c1-3-23-8-7-12(22-23)16(25)19-14-9-10(2)21-24(14)17-20-15-11(18)5-4-6-13(15)26-17/h4-9H,3H2,1-2H3,(H,19,25). The molecule has 3 aromatic heterocycles. The Morgan fingerprint density at radius 2 is 2.15 bits per heavy atom. The van der Waals surface area contributed by atoms with Crippen molar-refractivity contribution < 1.29 is 4.79 Å². The Morgan fingerprint density at radius 1 is 1.31 bits per heavy atom. The van der Waals surface area contributed by atoms with Crippen molar-refractivity contribution in [3.05, 3.63) is 52.9 Å². The molecule has 4 aromatic rings. The minimum atomic E-state index is -0.294. The summed E-state index contributed by atoms with van der Waals surface area (Å²) in [5.41, 5.74) is 1.84. The monoisotopic (exact) mass is 386 g/mol. The van der Waals surface area contributed by atoms with Gasteiger partial charge in [0.2, 0.25) is 5.13 Å². The third kappa shape index (κ3) is 2.97. The van der Waals surface area contributed by atoms with Gasteiger partial charge < -0.3 is 5.32 Å². The number of hydrogen-bond donors (Lipinski definition) is 1. The number of fused-ring (bicyclic) bond motifs is 1. The molecule has 7 nitrogen and oxygen atoms in total. The normalized spacial score (nSPS) is 11.2. The summed E-state index contributed by atoms with van der Waals surface area (Å²) < 4.78 is 4.28. The Labute approximate surface area is 158 Å². The first-order valence-corrected chi connectivity index (χ1v) is 9.21. The minimum absolute atomic E-state index is 0.294. The number of anilines is 1. The van der Waals surface area contributed by atoms with Crippen LogP contribution in [0.2, 0.25) is 5.02 Å². The molecule has 0 fully saturated rings. The maximum atomic E-state index is 12.5. The van der Waals surface area contributed by atoms with Gasteiger partial charge in [-0.15, -0.1) is 0 Å². The summed E-state index contributed by atoms with van der Waals surface area (Å²) in [6.45, 7) is 4.53. The number of thiazole rings is 1. The number of amides is 1. The van der Waals surface area contributed by atoms with Gasteiger partial charge in [0, 0.05) is 18.8 Å². The molecule has 0 aliphatic carbocycles. The minimum Gasteiger partial charge on any atom is -0.305 e. The first-order valence-electron chi connectivity index (χ1n) is 8.02. The second-order valence-corrected chi connectivity index (χ2v) is 7.09. The molecule has 1 amide bonds. The van der Waals surface area contributed by atoms with Gasteiger partial charge in [-0.05, 0) is 32.0 Å². The number of carbonyl (C=O) groups excluding carboxylic acids is 1. The van der Waals surface area contributed by atoms with Crippen LogP contribution >= 0.6 is 22.9 Å². The number of halogens is 1. The highest BCUT2D eigenvalue weighted by atomic mass is 35.5. The molecule has 1 N–H and O–H groups in total. The number of benzene rings is 1. The number of aromatic nitrogens is 5. The molecule has 132 valence electrons. The lowest BCUT2D eigenvalue weighted by Gasteiger charge is -2.04. The average molecular weight is 387 g/mol. The summed E-state index contributed by atoms with van der Waals surface area (Å²) in [4.78, 5) is 17.1. The first kappa shape index (κ1) is 16.7. The summed E-state index contributed by atoms with van der Waals surface area (Å²) in [5.74, 6) is 0.242. The van der Waals surface area contributed by atoms with Crippen molar-refractivity contribution in [2.45, 2.75) is 20.4 Å². The summed E-state index contributed by atoms with van der Waals surface area (Å²) in [5, 5.41) is 12.8. The SMILES string of the molecule is CCn1ccc(C(=O)Nc2cc(C)nn2-c2nc3c(Cl)cccc3s2)n1. The highest BCUT2D eigenvalue weighted by Crippen LogP contribution is 2.31. The zero-order valence-electron chi connectivity index (χ0n) is 14.1. The van der Waals surface area contributed by atoms with E-state index in [4.69, 9.17) is 11.6 Å². The fourth-order valence-corrected chi connectivity index (χ4v) is 3.80. The van der Waals surface area contributed by atoms with Gasteiger partial charge in [-0.1, -0.05) is 29.0 Å². The second-order valence-electron chi connectivity index (χ2n) is 5.68. The molecule has 0 bridgehead atoms. The molecule has 0 saturated carbocycles. The van der Waals surface area contributed by atoms with Gasteiger partial charge in [0.1, 0.15) is 11.3 Å². The smallest absolute Gasteiger partial charge is 0.277 e. The number of rotatable bonds is 4. The highest BCUT2D eigenvalue weighted by Gasteiger charge is 2.17. The van der Waals surface area contributed by atoms with Crippen LogP contribution in [0.1, 0.15) is 23.1 Å². The van der Waals surface area contributed by atoms with E-state index in [0.717, 1.165) is 15.9 Å². The Hall–Kier alpha value is -2.71. The molecule has 0 aliphatic rings. The molecule has 0 radical (unpaired) electrons. The summed E-state index contributed by atoms with van der Waals surface area (Å²) in [7, 11) is 0. The lowest BCUT2D eigenvalue weighted by atomic mass is 10.3. The molecular weight excluding hydrogens is 372 g/mol. The van der Waals surface area contributed by atoms with E-state index < -0.39 is 0 Å². The van der Waals surface area contributed by atoms with Crippen LogP contribution in [-0.2, 0) is 6.54 Å². The van der Waals surface area contributed by atoms with Crippen LogP contribution < -0.4 is 5.32 Å². The maximum absolute atomic E-state index is 12.5. The summed E-state index contributed by atoms with van der Waals surface area (Å²) in [6, 6.07) is 9.11. The van der Waals surface area contributed by atoms with Gasteiger partial charge in [-0.2, -0.15) is 14.9 Å². The molecule has 3 heterocycles. The Morgan fingerprint density at radius 3 is 2.88 bits per heavy atom. The molecular formula is C17H15ClN6OS. The van der Waals surface area contributed by atoms with Crippen molar-refractivity contribution >= 4 is 44.9 Å². The number of hydrogen-bond acceptors (Lipinski definition) is 5. The van der Waals surface area contributed by atoms with Crippen LogP contribution in [0.5, 0.6) is 0 Å². The van der Waals surface area contributed by atoms with Crippen molar-refractivity contribution in [3.8, 4) is 5.13 Å². The highest BCUT2D eigenvalue weighted by molar-refractivity contribution is 7.20. The molecule has 0 spiro atoms. The molecule has 0 aliphatic heterocycles. The van der Waals surface area contributed by atoms with Gasteiger partial charge in [0.25, 0.3) is 5.91 Å². The van der Waals surface area contributed by atoms with Crippen molar-refractivity contribution in [1.29, 1.82) is 0 Å². The number of aryl methyl sites for hydroxylation is 2. The first-order chi connectivity index (χ1) is 12.5. The van der Waals surface area contributed by atoms with Gasteiger partial charge in [0.15, 0.2) is 5.69 Å². The van der Waals surface area contributed by atoms with E-state index in [1.165, 1.54) is 11.3 Å². The number of carbonyl (C=O) groups is 1. The van der Waals surface area contributed by atoms with E-state index in [-0.39, 0.29) is 5.91 Å². The molecule has 0 atom stereocenters. The van der Waals surface area contributed by atoms with Crippen molar-refractivity contribution in [3.63, 3.8) is 0 Å². The second kappa shape index (κ2) is 6.54. The van der Waals surface area contributed by atoms with Crippen molar-refractivity contribution in [1.82, 2.24) is 24.5 Å². The van der Waals surface area contributed by atoms with Crippen LogP contribution in [0.3, 0.4) is 0 Å². The van der Waals surface area contributed by atoms with Crippen LogP contribution in [0.15, 0.2) is 36.5 Å². The molecule has 9 heteroatoms. The molecule has 26 heavy (non-hydrogen) atoms. The van der Waals surface area contributed by atoms with Gasteiger partial charge in [0.05, 0.1) is 15.4 Å². The fraction of sp³-hybridized carbons (Fsp3) is 0.176. The van der Waals surface area contributed by atoms with Crippen LogP contribution in [0, 0.1) is 6.92 Å². The Kier molecular flexibility index (Phi) is 4.21. The van der Waals surface area contributed by atoms with Gasteiger partial charge in [-0.25, -0.2) is 4.98 Å². The quantitative estimate of drug-likeness (QED) is 0.576. The van der Waals surface area contributed by atoms with Crippen molar-refractivity contribution in [2.75, 3.05) is 5.32 Å². The maximum Gasteiger partial charge on any atom is 0.277 e. The van der Waals surface area contributed by atoms with Crippen LogP contribution in [0.25, 0.3) is 15.3 Å². The Balaban J connectivity index is 1.69. The summed E-state index contributed by atoms with van der Waals surface area (Å²) in [6.07, 6.45) is 1.77. The van der Waals surface area contributed by atoms with E-state index in [9.17, 15) is 4.79 Å². The number of nitrogens with one attached hydrogen (secondary N) is 1. The number of nitrogens with zero attached hydrogens (tertiary/aromatic N) is 5.